The van der Waals surface area contributed by atoms with E-state index < -0.39 is 6.10 Å². The minimum absolute atomic E-state index is 0.243. The third-order valence-corrected chi connectivity index (χ3v) is 3.68. The lowest BCUT2D eigenvalue weighted by molar-refractivity contribution is 0.177. The highest BCUT2D eigenvalue weighted by Gasteiger charge is 2.16. The summed E-state index contributed by atoms with van der Waals surface area (Å²) in [5, 5.41) is 16.2. The first-order valence-electron chi connectivity index (χ1n) is 5.80. The fourth-order valence-electron chi connectivity index (χ4n) is 1.74. The Morgan fingerprint density at radius 2 is 2.28 bits per heavy atom. The standard InChI is InChI=1S/C12H17N3O2S/c1-8(2)15-12(13-7-14-15)5-10(16)11-4-9(17-3)6-18-11/h4,6-8,10,16H,5H2,1-3H3. The number of hydrogen-bond acceptors (Lipinski definition) is 5. The van der Waals surface area contributed by atoms with Crippen LogP contribution in [0, 0.1) is 0 Å². The topological polar surface area (TPSA) is 60.2 Å². The quantitative estimate of drug-likeness (QED) is 0.902. The van der Waals surface area contributed by atoms with Crippen molar-refractivity contribution in [2.45, 2.75) is 32.4 Å². The molecule has 0 bridgehead atoms. The van der Waals surface area contributed by atoms with E-state index in [1.807, 2.05) is 30.0 Å². The highest BCUT2D eigenvalue weighted by Crippen LogP contribution is 2.28. The summed E-state index contributed by atoms with van der Waals surface area (Å²) >= 11 is 1.49. The van der Waals surface area contributed by atoms with E-state index in [9.17, 15) is 5.11 Å². The molecule has 0 aliphatic carbocycles. The summed E-state index contributed by atoms with van der Waals surface area (Å²) in [5.41, 5.74) is 0. The van der Waals surface area contributed by atoms with Crippen molar-refractivity contribution in [2.24, 2.45) is 0 Å². The molecule has 1 unspecified atom stereocenters. The van der Waals surface area contributed by atoms with Crippen LogP contribution in [0.1, 0.15) is 36.7 Å². The Balaban J connectivity index is 2.11. The first-order chi connectivity index (χ1) is 8.61. The van der Waals surface area contributed by atoms with E-state index in [1.54, 1.807) is 7.11 Å². The summed E-state index contributed by atoms with van der Waals surface area (Å²) in [4.78, 5) is 5.07. The summed E-state index contributed by atoms with van der Waals surface area (Å²) < 4.78 is 6.94. The van der Waals surface area contributed by atoms with Crippen LogP contribution in [0.25, 0.3) is 0 Å². The average Bonchev–Trinajstić information content (AvgIpc) is 2.96. The number of aliphatic hydroxyl groups excluding tert-OH is 1. The van der Waals surface area contributed by atoms with Crippen molar-refractivity contribution in [1.29, 1.82) is 0 Å². The van der Waals surface area contributed by atoms with Gasteiger partial charge in [-0.3, -0.25) is 0 Å². The van der Waals surface area contributed by atoms with E-state index in [0.29, 0.717) is 6.42 Å². The van der Waals surface area contributed by atoms with E-state index in [4.69, 9.17) is 4.74 Å². The molecule has 98 valence electrons. The van der Waals surface area contributed by atoms with Crippen LogP contribution in [0.3, 0.4) is 0 Å². The third-order valence-electron chi connectivity index (χ3n) is 2.67. The smallest absolute Gasteiger partial charge is 0.138 e. The van der Waals surface area contributed by atoms with Gasteiger partial charge in [0, 0.05) is 22.7 Å². The SMILES string of the molecule is COc1csc(C(O)Cc2ncnn2C(C)C)c1. The maximum Gasteiger partial charge on any atom is 0.138 e. The second kappa shape index (κ2) is 5.49. The van der Waals surface area contributed by atoms with Gasteiger partial charge < -0.3 is 9.84 Å². The van der Waals surface area contributed by atoms with Crippen molar-refractivity contribution < 1.29 is 9.84 Å². The van der Waals surface area contributed by atoms with Gasteiger partial charge in [0.15, 0.2) is 0 Å². The van der Waals surface area contributed by atoms with Gasteiger partial charge in [-0.05, 0) is 19.9 Å². The first-order valence-corrected chi connectivity index (χ1v) is 6.68. The summed E-state index contributed by atoms with van der Waals surface area (Å²) in [5.74, 6) is 1.57. The molecule has 0 saturated heterocycles. The molecule has 6 heteroatoms. The molecular formula is C12H17N3O2S. The van der Waals surface area contributed by atoms with E-state index in [-0.39, 0.29) is 6.04 Å². The normalized spacial score (nSPS) is 12.9. The predicted octanol–water partition coefficient (Wildman–Crippen LogP) is 2.21. The maximum atomic E-state index is 10.2. The van der Waals surface area contributed by atoms with E-state index in [1.165, 1.54) is 17.7 Å². The minimum atomic E-state index is -0.569. The summed E-state index contributed by atoms with van der Waals surface area (Å²) in [6.45, 7) is 4.08. The molecule has 18 heavy (non-hydrogen) atoms. The largest absolute Gasteiger partial charge is 0.496 e. The van der Waals surface area contributed by atoms with Crippen LogP contribution in [0.15, 0.2) is 17.8 Å². The zero-order chi connectivity index (χ0) is 13.1. The van der Waals surface area contributed by atoms with Crippen molar-refractivity contribution in [2.75, 3.05) is 7.11 Å². The Labute approximate surface area is 110 Å². The van der Waals surface area contributed by atoms with Crippen LogP contribution in [0.5, 0.6) is 5.75 Å². The van der Waals surface area contributed by atoms with Gasteiger partial charge in [0.25, 0.3) is 0 Å². The third kappa shape index (κ3) is 2.70. The number of methoxy groups -OCH3 is 1. The van der Waals surface area contributed by atoms with Crippen LogP contribution in [-0.4, -0.2) is 27.0 Å². The molecule has 2 rings (SSSR count). The van der Waals surface area contributed by atoms with E-state index in [2.05, 4.69) is 10.1 Å². The van der Waals surface area contributed by atoms with Crippen LogP contribution in [0.4, 0.5) is 0 Å². The van der Waals surface area contributed by atoms with Crippen molar-refractivity contribution in [3.63, 3.8) is 0 Å². The van der Waals surface area contributed by atoms with Crippen molar-refractivity contribution in [1.82, 2.24) is 14.8 Å². The van der Waals surface area contributed by atoms with Gasteiger partial charge in [-0.1, -0.05) is 0 Å². The number of ether oxygens (including phenoxy) is 1. The number of hydrogen-bond donors (Lipinski definition) is 1. The predicted molar refractivity (Wildman–Crippen MR) is 69.9 cm³/mol. The van der Waals surface area contributed by atoms with Crippen molar-refractivity contribution in [3.8, 4) is 5.75 Å². The van der Waals surface area contributed by atoms with Crippen LogP contribution in [-0.2, 0) is 6.42 Å². The molecule has 0 aliphatic heterocycles. The second-order valence-electron chi connectivity index (χ2n) is 4.32. The lowest BCUT2D eigenvalue weighted by Crippen LogP contribution is -2.11. The van der Waals surface area contributed by atoms with E-state index in [0.717, 1.165) is 16.5 Å². The molecule has 2 heterocycles. The molecule has 0 aliphatic rings. The van der Waals surface area contributed by atoms with Gasteiger partial charge in [-0.2, -0.15) is 5.10 Å². The Bertz CT molecular complexity index is 507. The van der Waals surface area contributed by atoms with Crippen LogP contribution < -0.4 is 4.74 Å². The number of aromatic nitrogens is 3. The molecule has 0 spiro atoms. The van der Waals surface area contributed by atoms with Gasteiger partial charge in [-0.15, -0.1) is 11.3 Å². The lowest BCUT2D eigenvalue weighted by Gasteiger charge is -2.12. The first kappa shape index (κ1) is 13.0. The Morgan fingerprint density at radius 3 is 2.89 bits per heavy atom. The van der Waals surface area contributed by atoms with Gasteiger partial charge in [0.05, 0.1) is 13.2 Å². The molecule has 1 N–H and O–H groups in total. The number of thiophene rings is 1. The molecule has 0 amide bonds. The number of nitrogens with zero attached hydrogens (tertiary/aromatic N) is 3. The number of aliphatic hydroxyl groups is 1. The molecule has 1 atom stereocenters. The van der Waals surface area contributed by atoms with E-state index >= 15 is 0 Å². The average molecular weight is 267 g/mol. The van der Waals surface area contributed by atoms with Gasteiger partial charge >= 0.3 is 0 Å². The molecule has 0 fully saturated rings. The van der Waals surface area contributed by atoms with Gasteiger partial charge in [-0.25, -0.2) is 9.67 Å². The zero-order valence-electron chi connectivity index (χ0n) is 10.7. The fraction of sp³-hybridized carbons (Fsp3) is 0.500. The Hall–Kier alpha value is -1.40. The molecule has 2 aromatic heterocycles. The molecule has 0 radical (unpaired) electrons. The highest BCUT2D eigenvalue weighted by molar-refractivity contribution is 7.10. The van der Waals surface area contributed by atoms with Crippen molar-refractivity contribution >= 4 is 11.3 Å². The molecule has 0 saturated carbocycles. The van der Waals surface area contributed by atoms with Gasteiger partial charge in [0.2, 0.25) is 0 Å². The number of rotatable bonds is 5. The molecule has 0 aromatic carbocycles. The summed E-state index contributed by atoms with van der Waals surface area (Å²) in [7, 11) is 1.62. The molecule has 2 aromatic rings. The van der Waals surface area contributed by atoms with Crippen LogP contribution in [0.2, 0.25) is 0 Å². The second-order valence-corrected chi connectivity index (χ2v) is 5.27. The lowest BCUT2D eigenvalue weighted by atomic mass is 10.2. The Morgan fingerprint density at radius 1 is 1.50 bits per heavy atom. The zero-order valence-corrected chi connectivity index (χ0v) is 11.5. The summed E-state index contributed by atoms with van der Waals surface area (Å²) in [6.07, 6.45) is 1.42. The van der Waals surface area contributed by atoms with Crippen LogP contribution >= 0.6 is 11.3 Å². The summed E-state index contributed by atoms with van der Waals surface area (Å²) in [6, 6.07) is 2.10. The highest BCUT2D eigenvalue weighted by atomic mass is 32.1. The van der Waals surface area contributed by atoms with Gasteiger partial charge in [0.1, 0.15) is 17.9 Å². The molecule has 5 nitrogen and oxygen atoms in total. The molecular weight excluding hydrogens is 250 g/mol. The minimum Gasteiger partial charge on any atom is -0.496 e. The van der Waals surface area contributed by atoms with Crippen molar-refractivity contribution in [3.05, 3.63) is 28.5 Å². The maximum absolute atomic E-state index is 10.2. The fourth-order valence-corrected chi connectivity index (χ4v) is 2.58. The Kier molecular flexibility index (Phi) is 3.98. The monoisotopic (exact) mass is 267 g/mol.